The molecule has 0 aliphatic carbocycles. The SMILES string of the molecule is CC(C)(C)c1ccc(N(c2ccc(C(C)(C)C)cc2)c2cccc3c2sc2c(-c4cccc5cccc(Br)c45)cccc23)cc1. The van der Waals surface area contributed by atoms with Crippen LogP contribution in [0.4, 0.5) is 17.1 Å². The van der Waals surface area contributed by atoms with Gasteiger partial charge in [0.1, 0.15) is 0 Å². The van der Waals surface area contributed by atoms with Crippen molar-refractivity contribution in [2.24, 2.45) is 0 Å². The average molecular weight is 669 g/mol. The summed E-state index contributed by atoms with van der Waals surface area (Å²) in [5, 5.41) is 5.08. The fourth-order valence-electron chi connectivity index (χ4n) is 6.36. The number of thiophene rings is 1. The molecule has 0 aliphatic heterocycles. The first-order chi connectivity index (χ1) is 21.5. The van der Waals surface area contributed by atoms with E-state index in [1.54, 1.807) is 0 Å². The smallest absolute Gasteiger partial charge is 0.0640 e. The third-order valence-corrected chi connectivity index (χ3v) is 10.8. The molecular formula is C42H38BrNS. The number of fused-ring (bicyclic) bond motifs is 4. The van der Waals surface area contributed by atoms with Gasteiger partial charge in [-0.05, 0) is 69.3 Å². The van der Waals surface area contributed by atoms with Crippen molar-refractivity contribution >= 4 is 75.3 Å². The van der Waals surface area contributed by atoms with Crippen LogP contribution in [0.15, 0.2) is 126 Å². The molecule has 0 atom stereocenters. The first-order valence-corrected chi connectivity index (χ1v) is 17.2. The van der Waals surface area contributed by atoms with Crippen LogP contribution in [0.25, 0.3) is 42.1 Å². The van der Waals surface area contributed by atoms with E-state index in [0.717, 1.165) is 15.8 Å². The van der Waals surface area contributed by atoms with Crippen molar-refractivity contribution in [3.63, 3.8) is 0 Å². The van der Waals surface area contributed by atoms with E-state index in [1.807, 2.05) is 11.3 Å². The van der Waals surface area contributed by atoms with Crippen LogP contribution in [-0.4, -0.2) is 0 Å². The Morgan fingerprint density at radius 2 is 1.00 bits per heavy atom. The van der Waals surface area contributed by atoms with Gasteiger partial charge in [-0.15, -0.1) is 11.3 Å². The fourth-order valence-corrected chi connectivity index (χ4v) is 8.29. The van der Waals surface area contributed by atoms with E-state index in [0.29, 0.717) is 0 Å². The molecule has 0 saturated carbocycles. The number of hydrogen-bond donors (Lipinski definition) is 0. The molecule has 0 fully saturated rings. The summed E-state index contributed by atoms with van der Waals surface area (Å²) in [7, 11) is 0. The largest absolute Gasteiger partial charge is 0.309 e. The summed E-state index contributed by atoms with van der Waals surface area (Å²) in [4.78, 5) is 2.44. The minimum absolute atomic E-state index is 0.0935. The normalized spacial score (nSPS) is 12.3. The highest BCUT2D eigenvalue weighted by Gasteiger charge is 2.22. The van der Waals surface area contributed by atoms with E-state index in [2.05, 4.69) is 184 Å². The Labute approximate surface area is 279 Å². The van der Waals surface area contributed by atoms with Gasteiger partial charge in [0.2, 0.25) is 0 Å². The summed E-state index contributed by atoms with van der Waals surface area (Å²) in [6, 6.07) is 44.9. The molecule has 3 heteroatoms. The second-order valence-electron chi connectivity index (χ2n) is 14.0. The zero-order valence-electron chi connectivity index (χ0n) is 26.8. The molecule has 1 nitrogen and oxygen atoms in total. The molecule has 0 radical (unpaired) electrons. The maximum Gasteiger partial charge on any atom is 0.0640 e. The van der Waals surface area contributed by atoms with E-state index < -0.39 is 0 Å². The zero-order valence-corrected chi connectivity index (χ0v) is 29.2. The van der Waals surface area contributed by atoms with Crippen LogP contribution >= 0.6 is 27.3 Å². The van der Waals surface area contributed by atoms with Gasteiger partial charge in [0.15, 0.2) is 0 Å². The number of anilines is 3. The fraction of sp³-hybridized carbons (Fsp3) is 0.190. The molecule has 224 valence electrons. The van der Waals surface area contributed by atoms with Gasteiger partial charge in [-0.25, -0.2) is 0 Å². The quantitative estimate of drug-likeness (QED) is 0.180. The molecule has 0 bridgehead atoms. The zero-order chi connectivity index (χ0) is 31.5. The summed E-state index contributed by atoms with van der Waals surface area (Å²) in [6.45, 7) is 13.6. The highest BCUT2D eigenvalue weighted by molar-refractivity contribution is 9.10. The standard InChI is InChI=1S/C42H38BrNS/c1-41(2,3)28-19-23-30(24-20-28)44(31-25-21-29(22-26-31)42(4,5)6)37-18-10-16-35-34-15-9-14-33(39(34)45-40(35)37)32-13-7-11-27-12-8-17-36(43)38(27)32/h7-26H,1-6H3. The maximum atomic E-state index is 3.86. The Hall–Kier alpha value is -3.92. The molecule has 0 N–H and O–H groups in total. The highest BCUT2D eigenvalue weighted by Crippen LogP contribution is 2.48. The van der Waals surface area contributed by atoms with Crippen LogP contribution in [-0.2, 0) is 10.8 Å². The van der Waals surface area contributed by atoms with Crippen molar-refractivity contribution in [1.82, 2.24) is 0 Å². The third-order valence-electron chi connectivity index (χ3n) is 8.87. The lowest BCUT2D eigenvalue weighted by Gasteiger charge is -2.28. The van der Waals surface area contributed by atoms with Gasteiger partial charge in [0.25, 0.3) is 0 Å². The summed E-state index contributed by atoms with van der Waals surface area (Å²) < 4.78 is 3.73. The van der Waals surface area contributed by atoms with Crippen molar-refractivity contribution < 1.29 is 0 Å². The van der Waals surface area contributed by atoms with Gasteiger partial charge in [0.05, 0.1) is 10.4 Å². The van der Waals surface area contributed by atoms with Crippen molar-refractivity contribution in [2.75, 3.05) is 4.90 Å². The van der Waals surface area contributed by atoms with Gasteiger partial charge in [-0.2, -0.15) is 0 Å². The monoisotopic (exact) mass is 667 g/mol. The van der Waals surface area contributed by atoms with E-state index in [-0.39, 0.29) is 10.8 Å². The molecule has 45 heavy (non-hydrogen) atoms. The van der Waals surface area contributed by atoms with Gasteiger partial charge in [-0.1, -0.05) is 142 Å². The lowest BCUT2D eigenvalue weighted by atomic mass is 9.86. The molecule has 0 unspecified atom stereocenters. The average Bonchev–Trinajstić information content (AvgIpc) is 3.41. The molecule has 0 saturated heterocycles. The first-order valence-electron chi connectivity index (χ1n) is 15.6. The lowest BCUT2D eigenvalue weighted by molar-refractivity contribution is 0.590. The summed E-state index contributed by atoms with van der Waals surface area (Å²) >= 11 is 5.76. The van der Waals surface area contributed by atoms with Crippen LogP contribution in [0, 0.1) is 0 Å². The Bertz CT molecular complexity index is 2110. The molecule has 1 heterocycles. The number of benzene rings is 6. The van der Waals surface area contributed by atoms with Crippen molar-refractivity contribution in [2.45, 2.75) is 52.4 Å². The maximum absolute atomic E-state index is 3.86. The Balaban J connectivity index is 1.47. The number of rotatable bonds is 4. The van der Waals surface area contributed by atoms with Crippen LogP contribution in [0.1, 0.15) is 52.7 Å². The first kappa shape index (κ1) is 29.8. The molecule has 1 aromatic heterocycles. The van der Waals surface area contributed by atoms with Gasteiger partial charge in [0, 0.05) is 42.3 Å². The molecule has 0 amide bonds. The van der Waals surface area contributed by atoms with E-state index in [9.17, 15) is 0 Å². The molecule has 6 aromatic carbocycles. The highest BCUT2D eigenvalue weighted by atomic mass is 79.9. The van der Waals surface area contributed by atoms with Gasteiger partial charge >= 0.3 is 0 Å². The molecule has 0 aliphatic rings. The molecule has 0 spiro atoms. The number of nitrogens with zero attached hydrogens (tertiary/aromatic N) is 1. The number of halogens is 1. The van der Waals surface area contributed by atoms with E-state index in [4.69, 9.17) is 0 Å². The van der Waals surface area contributed by atoms with Crippen molar-refractivity contribution in [3.05, 3.63) is 137 Å². The minimum atomic E-state index is 0.0935. The van der Waals surface area contributed by atoms with E-state index in [1.165, 1.54) is 58.9 Å². The second kappa shape index (κ2) is 11.2. The molecule has 7 aromatic rings. The summed E-state index contributed by atoms with van der Waals surface area (Å²) in [5.74, 6) is 0. The van der Waals surface area contributed by atoms with Gasteiger partial charge < -0.3 is 4.90 Å². The second-order valence-corrected chi connectivity index (χ2v) is 15.9. The Kier molecular flexibility index (Phi) is 7.38. The molecular weight excluding hydrogens is 630 g/mol. The summed E-state index contributed by atoms with van der Waals surface area (Å²) in [5.41, 5.74) is 8.90. The van der Waals surface area contributed by atoms with Gasteiger partial charge in [-0.3, -0.25) is 0 Å². The Morgan fingerprint density at radius 3 is 1.58 bits per heavy atom. The van der Waals surface area contributed by atoms with Crippen LogP contribution in [0.2, 0.25) is 0 Å². The van der Waals surface area contributed by atoms with Crippen LogP contribution in [0.5, 0.6) is 0 Å². The predicted molar refractivity (Wildman–Crippen MR) is 202 cm³/mol. The van der Waals surface area contributed by atoms with Crippen molar-refractivity contribution in [1.29, 1.82) is 0 Å². The Morgan fingerprint density at radius 1 is 0.511 bits per heavy atom. The molecule has 7 rings (SSSR count). The lowest BCUT2D eigenvalue weighted by Crippen LogP contribution is -2.14. The van der Waals surface area contributed by atoms with Crippen LogP contribution in [0.3, 0.4) is 0 Å². The minimum Gasteiger partial charge on any atom is -0.309 e. The van der Waals surface area contributed by atoms with Crippen molar-refractivity contribution in [3.8, 4) is 11.1 Å². The predicted octanol–water partition coefficient (Wildman–Crippen LogP) is 13.7. The third kappa shape index (κ3) is 5.37. The van der Waals surface area contributed by atoms with E-state index >= 15 is 0 Å². The van der Waals surface area contributed by atoms with Crippen LogP contribution < -0.4 is 4.90 Å². The number of hydrogen-bond acceptors (Lipinski definition) is 2. The topological polar surface area (TPSA) is 3.24 Å². The summed E-state index contributed by atoms with van der Waals surface area (Å²) in [6.07, 6.45) is 0.